The maximum atomic E-state index is 11.7. The van der Waals surface area contributed by atoms with Gasteiger partial charge in [0.15, 0.2) is 0 Å². The first-order chi connectivity index (χ1) is 7.75. The average molecular weight is 257 g/mol. The van der Waals surface area contributed by atoms with Gasteiger partial charge in [0.2, 0.25) is 0 Å². The first-order valence-electron chi connectivity index (χ1n) is 5.18. The van der Waals surface area contributed by atoms with Gasteiger partial charge < -0.3 is 10.6 Å². The number of hydrogen-bond acceptors (Lipinski definition) is 3. The summed E-state index contributed by atoms with van der Waals surface area (Å²) in [5, 5.41) is 6.13. The van der Waals surface area contributed by atoms with Crippen LogP contribution in [0.5, 0.6) is 0 Å². The molecule has 2 heterocycles. The molecule has 16 heavy (non-hydrogen) atoms. The summed E-state index contributed by atoms with van der Waals surface area (Å²) in [6.45, 7) is 2.53. The van der Waals surface area contributed by atoms with Crippen molar-refractivity contribution in [2.75, 3.05) is 19.6 Å². The predicted molar refractivity (Wildman–Crippen MR) is 67.2 cm³/mol. The fourth-order valence-electron chi connectivity index (χ4n) is 1.55. The molecule has 1 amide bonds. The Morgan fingerprint density at radius 1 is 1.56 bits per heavy atom. The highest BCUT2D eigenvalue weighted by molar-refractivity contribution is 7.17. The Hall–Kier alpha value is -0.840. The first kappa shape index (κ1) is 11.6. The maximum Gasteiger partial charge on any atom is 0.261 e. The average Bonchev–Trinajstić information content (AvgIpc) is 2.74. The van der Waals surface area contributed by atoms with E-state index in [1.54, 1.807) is 12.1 Å². The molecule has 1 aliphatic rings. The van der Waals surface area contributed by atoms with Gasteiger partial charge in [0.05, 0.1) is 9.21 Å². The summed E-state index contributed by atoms with van der Waals surface area (Å²) >= 11 is 7.08. The molecule has 0 fully saturated rings. The van der Waals surface area contributed by atoms with E-state index in [-0.39, 0.29) is 5.91 Å². The zero-order valence-electron chi connectivity index (χ0n) is 8.75. The van der Waals surface area contributed by atoms with E-state index in [2.05, 4.69) is 16.7 Å². The second kappa shape index (κ2) is 5.48. The van der Waals surface area contributed by atoms with Crippen LogP contribution in [-0.2, 0) is 0 Å². The van der Waals surface area contributed by atoms with E-state index in [1.807, 2.05) is 0 Å². The van der Waals surface area contributed by atoms with Gasteiger partial charge in [-0.2, -0.15) is 0 Å². The molecule has 2 N–H and O–H groups in total. The van der Waals surface area contributed by atoms with Crippen molar-refractivity contribution in [1.82, 2.24) is 10.6 Å². The molecule has 0 saturated heterocycles. The summed E-state index contributed by atoms with van der Waals surface area (Å²) in [6, 6.07) is 3.49. The van der Waals surface area contributed by atoms with Crippen molar-refractivity contribution in [3.63, 3.8) is 0 Å². The summed E-state index contributed by atoms with van der Waals surface area (Å²) < 4.78 is 0.645. The molecule has 0 spiro atoms. The van der Waals surface area contributed by atoms with Crippen molar-refractivity contribution < 1.29 is 4.79 Å². The molecule has 3 nitrogen and oxygen atoms in total. The van der Waals surface area contributed by atoms with Crippen LogP contribution in [0.15, 0.2) is 23.8 Å². The van der Waals surface area contributed by atoms with Gasteiger partial charge in [0.25, 0.3) is 5.91 Å². The lowest BCUT2D eigenvalue weighted by Gasteiger charge is -2.14. The zero-order valence-corrected chi connectivity index (χ0v) is 10.3. The van der Waals surface area contributed by atoms with Crippen LogP contribution < -0.4 is 10.6 Å². The third kappa shape index (κ3) is 3.07. The zero-order chi connectivity index (χ0) is 11.4. The normalized spacial score (nSPS) is 15.7. The fraction of sp³-hybridized carbons (Fsp3) is 0.364. The lowest BCUT2D eigenvalue weighted by molar-refractivity contribution is 0.0960. The van der Waals surface area contributed by atoms with Crippen LogP contribution in [0.3, 0.4) is 0 Å². The standard InChI is InChI=1S/C11H13ClN2OS/c12-10-2-1-9(16-10)11(15)14-7-8-3-5-13-6-4-8/h1-3,13H,4-7H2,(H,14,15). The van der Waals surface area contributed by atoms with E-state index in [4.69, 9.17) is 11.6 Å². The predicted octanol–water partition coefficient (Wildman–Crippen LogP) is 2.05. The van der Waals surface area contributed by atoms with Gasteiger partial charge in [0, 0.05) is 13.1 Å². The van der Waals surface area contributed by atoms with Gasteiger partial charge in [-0.05, 0) is 25.1 Å². The van der Waals surface area contributed by atoms with E-state index in [1.165, 1.54) is 16.9 Å². The highest BCUT2D eigenvalue weighted by Gasteiger charge is 2.09. The highest BCUT2D eigenvalue weighted by atomic mass is 35.5. The van der Waals surface area contributed by atoms with Gasteiger partial charge in [-0.3, -0.25) is 4.79 Å². The molecule has 0 aliphatic carbocycles. The van der Waals surface area contributed by atoms with Crippen LogP contribution in [0.2, 0.25) is 4.34 Å². The molecular weight excluding hydrogens is 244 g/mol. The Morgan fingerprint density at radius 3 is 3.06 bits per heavy atom. The van der Waals surface area contributed by atoms with E-state index >= 15 is 0 Å². The number of hydrogen-bond donors (Lipinski definition) is 2. The largest absolute Gasteiger partial charge is 0.348 e. The van der Waals surface area contributed by atoms with Crippen LogP contribution in [0.25, 0.3) is 0 Å². The molecule has 1 aliphatic heterocycles. The number of amides is 1. The molecule has 0 aromatic carbocycles. The number of carbonyl (C=O) groups is 1. The van der Waals surface area contributed by atoms with E-state index in [9.17, 15) is 4.79 Å². The molecule has 0 radical (unpaired) electrons. The van der Waals surface area contributed by atoms with Gasteiger partial charge in [-0.15, -0.1) is 11.3 Å². The van der Waals surface area contributed by atoms with Crippen LogP contribution in [0.1, 0.15) is 16.1 Å². The lowest BCUT2D eigenvalue weighted by Crippen LogP contribution is -2.29. The second-order valence-corrected chi connectivity index (χ2v) is 5.32. The minimum atomic E-state index is -0.0451. The van der Waals surface area contributed by atoms with E-state index < -0.39 is 0 Å². The number of halogens is 1. The maximum absolute atomic E-state index is 11.7. The third-order valence-corrected chi connectivity index (χ3v) is 3.66. The van der Waals surface area contributed by atoms with Gasteiger partial charge in [0.1, 0.15) is 0 Å². The van der Waals surface area contributed by atoms with E-state index in [0.29, 0.717) is 15.8 Å². The molecule has 0 atom stereocenters. The topological polar surface area (TPSA) is 41.1 Å². The van der Waals surface area contributed by atoms with Crippen LogP contribution >= 0.6 is 22.9 Å². The summed E-state index contributed by atoms with van der Waals surface area (Å²) in [4.78, 5) is 12.4. The van der Waals surface area contributed by atoms with Gasteiger partial charge in [-0.25, -0.2) is 0 Å². The van der Waals surface area contributed by atoms with Crippen LogP contribution in [-0.4, -0.2) is 25.5 Å². The monoisotopic (exact) mass is 256 g/mol. The first-order valence-corrected chi connectivity index (χ1v) is 6.37. The van der Waals surface area contributed by atoms with Crippen molar-refractivity contribution in [2.24, 2.45) is 0 Å². The molecule has 1 aromatic rings. The minimum absolute atomic E-state index is 0.0451. The molecule has 0 saturated carbocycles. The molecule has 5 heteroatoms. The Bertz CT molecular complexity index is 414. The quantitative estimate of drug-likeness (QED) is 0.813. The molecule has 2 rings (SSSR count). The second-order valence-electron chi connectivity index (χ2n) is 3.60. The summed E-state index contributed by atoms with van der Waals surface area (Å²) in [5.41, 5.74) is 1.29. The SMILES string of the molecule is O=C(NCC1=CCNCC1)c1ccc(Cl)s1. The lowest BCUT2D eigenvalue weighted by atomic mass is 10.1. The number of carbonyl (C=O) groups excluding carboxylic acids is 1. The minimum Gasteiger partial charge on any atom is -0.348 e. The van der Waals surface area contributed by atoms with E-state index in [0.717, 1.165) is 19.5 Å². The Morgan fingerprint density at radius 2 is 2.44 bits per heavy atom. The van der Waals surface area contributed by atoms with Crippen molar-refractivity contribution in [2.45, 2.75) is 6.42 Å². The van der Waals surface area contributed by atoms with Crippen LogP contribution in [0.4, 0.5) is 0 Å². The third-order valence-electron chi connectivity index (χ3n) is 2.43. The Labute approximate surface area is 103 Å². The summed E-state index contributed by atoms with van der Waals surface area (Å²) in [7, 11) is 0. The summed E-state index contributed by atoms with van der Waals surface area (Å²) in [6.07, 6.45) is 3.14. The molecule has 0 unspecified atom stereocenters. The van der Waals surface area contributed by atoms with Crippen molar-refractivity contribution in [1.29, 1.82) is 0 Å². The Kier molecular flexibility index (Phi) is 3.98. The molecule has 0 bridgehead atoms. The molecule has 1 aromatic heterocycles. The van der Waals surface area contributed by atoms with Gasteiger partial charge >= 0.3 is 0 Å². The molecule has 86 valence electrons. The Balaban J connectivity index is 1.86. The number of thiophene rings is 1. The number of rotatable bonds is 3. The van der Waals surface area contributed by atoms with Crippen molar-refractivity contribution in [3.8, 4) is 0 Å². The molecular formula is C11H13ClN2OS. The highest BCUT2D eigenvalue weighted by Crippen LogP contribution is 2.21. The smallest absolute Gasteiger partial charge is 0.261 e. The van der Waals surface area contributed by atoms with Crippen LogP contribution in [0, 0.1) is 0 Å². The van der Waals surface area contributed by atoms with Gasteiger partial charge in [-0.1, -0.05) is 23.3 Å². The summed E-state index contributed by atoms with van der Waals surface area (Å²) in [5.74, 6) is -0.0451. The fourth-order valence-corrected chi connectivity index (χ4v) is 2.51. The number of nitrogens with one attached hydrogen (secondary N) is 2. The van der Waals surface area contributed by atoms with Crippen molar-refractivity contribution >= 4 is 28.8 Å². The van der Waals surface area contributed by atoms with Crippen molar-refractivity contribution in [3.05, 3.63) is 33.0 Å².